The summed E-state index contributed by atoms with van der Waals surface area (Å²) in [5.74, 6) is 1.16. The van der Waals surface area contributed by atoms with Crippen molar-refractivity contribution in [2.75, 3.05) is 32.2 Å². The molecule has 4 N–H and O–H groups in total. The van der Waals surface area contributed by atoms with Crippen LogP contribution in [0.1, 0.15) is 118 Å². The van der Waals surface area contributed by atoms with Crippen molar-refractivity contribution in [3.05, 3.63) is 47.7 Å². The third kappa shape index (κ3) is 10.6. The van der Waals surface area contributed by atoms with Gasteiger partial charge in [-0.15, -0.1) is 0 Å². The minimum absolute atomic E-state index is 0.0159. The molecule has 374 valence electrons. The van der Waals surface area contributed by atoms with Gasteiger partial charge in [-0.2, -0.15) is 13.5 Å². The summed E-state index contributed by atoms with van der Waals surface area (Å²) in [5, 5.41) is 14.0. The second-order valence-corrected chi connectivity index (χ2v) is 23.2. The summed E-state index contributed by atoms with van der Waals surface area (Å²) in [5.41, 5.74) is -2.26. The molecule has 0 radical (unpaired) electrons. The normalized spacial score (nSPS) is 30.3. The Labute approximate surface area is 400 Å². The highest BCUT2D eigenvalue weighted by Crippen LogP contribution is 2.58. The van der Waals surface area contributed by atoms with Gasteiger partial charge in [-0.05, 0) is 119 Å². The SMILES string of the molecule is CC[C@@H]1C[C@]1(NC(=O)[C@@H]1C[C@@H](OC2=CC(C)(n3ccc(NC(C)C)n3)Cc3cc(OCCOC)ccc32)CN1C(=O)[C@@H](NC(=O)OC1CC2C(C)C2C1)C(C)(C)C)C(=O)NS(=O)(=O)OC1(C)CC1. The third-order valence-electron chi connectivity index (χ3n) is 14.9. The molecule has 18 nitrogen and oxygen atoms in total. The molecule has 4 saturated carbocycles. The highest BCUT2D eigenvalue weighted by atomic mass is 32.2. The molecule has 1 aromatic heterocycles. The zero-order valence-electron chi connectivity index (χ0n) is 41.2. The first kappa shape index (κ1) is 49.5. The van der Waals surface area contributed by atoms with Crippen LogP contribution in [0.2, 0.25) is 0 Å². The van der Waals surface area contributed by atoms with Crippen LogP contribution in [0.15, 0.2) is 36.5 Å². The minimum atomic E-state index is -4.49. The topological polar surface area (TPSA) is 218 Å². The van der Waals surface area contributed by atoms with E-state index in [-0.39, 0.29) is 37.5 Å². The molecule has 8 atom stereocenters. The number of nitrogens with zero attached hydrogens (tertiary/aromatic N) is 3. The van der Waals surface area contributed by atoms with Crippen LogP contribution in [-0.2, 0) is 55.0 Å². The maximum atomic E-state index is 15.1. The predicted molar refractivity (Wildman–Crippen MR) is 252 cm³/mol. The molecule has 2 heterocycles. The van der Waals surface area contributed by atoms with Crippen LogP contribution in [0.4, 0.5) is 10.6 Å². The van der Waals surface area contributed by atoms with E-state index in [9.17, 15) is 22.8 Å². The van der Waals surface area contributed by atoms with E-state index >= 15 is 4.79 Å². The number of aromatic nitrogens is 2. The summed E-state index contributed by atoms with van der Waals surface area (Å²) in [6.45, 7) is 18.1. The van der Waals surface area contributed by atoms with Crippen LogP contribution in [0.5, 0.6) is 5.75 Å². The molecule has 1 aliphatic heterocycles. The number of amides is 4. The number of likely N-dealkylation sites (tertiary alicyclic amines) is 1. The smallest absolute Gasteiger partial charge is 0.408 e. The van der Waals surface area contributed by atoms with Crippen molar-refractivity contribution in [2.24, 2.45) is 29.1 Å². The van der Waals surface area contributed by atoms with Crippen LogP contribution in [-0.4, -0.2) is 115 Å². The quantitative estimate of drug-likeness (QED) is 0.129. The zero-order valence-corrected chi connectivity index (χ0v) is 42.0. The average molecular weight is 966 g/mol. The van der Waals surface area contributed by atoms with Crippen LogP contribution in [0.3, 0.4) is 0 Å². The average Bonchev–Trinajstić information content (AvgIpc) is 4.07. The molecule has 1 saturated heterocycles. The number of carbonyl (C=O) groups excluding carboxylic acids is 4. The summed E-state index contributed by atoms with van der Waals surface area (Å²) in [6, 6.07) is 5.56. The maximum Gasteiger partial charge on any atom is 0.408 e. The molecule has 5 aliphatic carbocycles. The standard InChI is InChI=1S/C49H71N7O11S/c1-11-31-25-49(31,44(59)54-68(61,62)67-48(9)15-16-48)52-42(57)38-23-34(27-55(38)43(58)41(46(5,6)7)51-45(60)66-33-21-36-29(4)37(36)22-33)65-39-26-47(8,56-17-14-40(53-56)50-28(2)3)24-30-20-32(12-13-35(30)39)64-19-18-63-10/h12-14,17,20,26,28-29,31,33-34,36-38,41H,11,15-16,18-19,21-25,27H2,1-10H3,(H,50,53)(H,51,60)(H,52,57)(H,54,59)/t29?,31-,33?,34-,36?,37?,38+,41-,47?,49-/m1/s1. The predicted octanol–water partition coefficient (Wildman–Crippen LogP) is 5.43. The Kier molecular flexibility index (Phi) is 13.4. The Morgan fingerprint density at radius 1 is 1.00 bits per heavy atom. The minimum Gasteiger partial charge on any atom is -0.491 e. The number of carbonyl (C=O) groups is 4. The summed E-state index contributed by atoms with van der Waals surface area (Å²) >= 11 is 0. The molecule has 2 aromatic rings. The van der Waals surface area contributed by atoms with Gasteiger partial charge in [0.2, 0.25) is 11.8 Å². The lowest BCUT2D eigenvalue weighted by Gasteiger charge is -2.36. The molecule has 68 heavy (non-hydrogen) atoms. The molecule has 3 unspecified atom stereocenters. The van der Waals surface area contributed by atoms with Crippen molar-refractivity contribution in [1.82, 2.24) is 30.0 Å². The zero-order chi connectivity index (χ0) is 49.1. The van der Waals surface area contributed by atoms with E-state index < -0.39 is 74.4 Å². The monoisotopic (exact) mass is 965 g/mol. The Bertz CT molecular complexity index is 2400. The number of ether oxygens (including phenoxy) is 4. The van der Waals surface area contributed by atoms with Gasteiger partial charge >= 0.3 is 16.4 Å². The summed E-state index contributed by atoms with van der Waals surface area (Å²) in [4.78, 5) is 58.8. The van der Waals surface area contributed by atoms with Gasteiger partial charge < -0.3 is 39.8 Å². The molecular weight excluding hydrogens is 895 g/mol. The second-order valence-electron chi connectivity index (χ2n) is 21.9. The van der Waals surface area contributed by atoms with Gasteiger partial charge in [0.05, 0.1) is 24.3 Å². The van der Waals surface area contributed by atoms with Crippen LogP contribution in [0.25, 0.3) is 5.76 Å². The molecule has 4 amide bonds. The van der Waals surface area contributed by atoms with E-state index in [0.717, 1.165) is 24.0 Å². The number of rotatable bonds is 19. The molecule has 5 fully saturated rings. The molecule has 8 rings (SSSR count). The van der Waals surface area contributed by atoms with Crippen LogP contribution in [0, 0.1) is 29.1 Å². The second kappa shape index (κ2) is 18.5. The Morgan fingerprint density at radius 3 is 2.35 bits per heavy atom. The highest BCUT2D eigenvalue weighted by molar-refractivity contribution is 7.85. The number of fused-ring (bicyclic) bond motifs is 2. The number of hydrogen-bond donors (Lipinski definition) is 4. The molecule has 6 aliphatic rings. The van der Waals surface area contributed by atoms with Crippen LogP contribution >= 0.6 is 0 Å². The van der Waals surface area contributed by atoms with Gasteiger partial charge in [0.1, 0.15) is 53.8 Å². The summed E-state index contributed by atoms with van der Waals surface area (Å²) < 4.78 is 59.3. The van der Waals surface area contributed by atoms with Gasteiger partial charge in [0.25, 0.3) is 5.91 Å². The number of methoxy groups -OCH3 is 1. The highest BCUT2D eigenvalue weighted by Gasteiger charge is 2.62. The molecule has 19 heteroatoms. The van der Waals surface area contributed by atoms with Gasteiger partial charge in [-0.1, -0.05) is 41.0 Å². The van der Waals surface area contributed by atoms with Crippen molar-refractivity contribution in [3.8, 4) is 5.75 Å². The van der Waals surface area contributed by atoms with E-state index in [4.69, 9.17) is 28.2 Å². The van der Waals surface area contributed by atoms with Crippen molar-refractivity contribution in [1.29, 1.82) is 0 Å². The summed E-state index contributed by atoms with van der Waals surface area (Å²) in [6.07, 6.45) is 6.10. The van der Waals surface area contributed by atoms with Crippen molar-refractivity contribution < 1.29 is 50.7 Å². The van der Waals surface area contributed by atoms with Gasteiger partial charge in [-0.25, -0.2) is 13.7 Å². The Hall–Kier alpha value is -4.88. The van der Waals surface area contributed by atoms with Crippen molar-refractivity contribution in [3.63, 3.8) is 0 Å². The maximum absolute atomic E-state index is 15.1. The number of hydrogen-bond acceptors (Lipinski definition) is 13. The van der Waals surface area contributed by atoms with Crippen molar-refractivity contribution >= 4 is 45.7 Å². The fourth-order valence-corrected chi connectivity index (χ4v) is 11.7. The molecule has 0 spiro atoms. The fourth-order valence-electron chi connectivity index (χ4n) is 10.6. The van der Waals surface area contributed by atoms with E-state index in [1.54, 1.807) is 14.0 Å². The largest absolute Gasteiger partial charge is 0.491 e. The number of nitrogens with one attached hydrogen (secondary N) is 4. The van der Waals surface area contributed by atoms with Crippen LogP contribution < -0.4 is 25.4 Å². The lowest BCUT2D eigenvalue weighted by Crippen LogP contribution is -2.60. The number of anilines is 1. The van der Waals surface area contributed by atoms with E-state index in [0.29, 0.717) is 74.0 Å². The summed E-state index contributed by atoms with van der Waals surface area (Å²) in [7, 11) is -2.88. The number of alkyl carbamates (subject to hydrolysis) is 1. The molecule has 0 bridgehead atoms. The molecular formula is C49H71N7O11S. The number of benzene rings is 1. The number of allylic oxidation sites excluding steroid dienone is 1. The van der Waals surface area contributed by atoms with E-state index in [1.807, 2.05) is 82.8 Å². The Balaban J connectivity index is 1.09. The van der Waals surface area contributed by atoms with Gasteiger partial charge in [0, 0.05) is 43.8 Å². The third-order valence-corrected chi connectivity index (χ3v) is 15.9. The van der Waals surface area contributed by atoms with Crippen molar-refractivity contribution in [2.45, 2.75) is 161 Å². The first-order valence-corrected chi connectivity index (χ1v) is 25.7. The first-order valence-electron chi connectivity index (χ1n) is 24.3. The van der Waals surface area contributed by atoms with Gasteiger partial charge in [-0.3, -0.25) is 19.1 Å². The van der Waals surface area contributed by atoms with Gasteiger partial charge in [0.15, 0.2) is 0 Å². The lowest BCUT2D eigenvalue weighted by molar-refractivity contribution is -0.143. The van der Waals surface area contributed by atoms with E-state index in [2.05, 4.69) is 34.5 Å². The van der Waals surface area contributed by atoms with E-state index in [1.165, 1.54) is 4.90 Å². The molecule has 1 aromatic carbocycles. The first-order chi connectivity index (χ1) is 31.9. The lowest BCUT2D eigenvalue weighted by atomic mass is 9.83. The Morgan fingerprint density at radius 2 is 1.72 bits per heavy atom. The fraction of sp³-hybridized carbons (Fsp3) is 0.694.